The van der Waals surface area contributed by atoms with Gasteiger partial charge in [0.25, 0.3) is 0 Å². The fourth-order valence-corrected chi connectivity index (χ4v) is 3.37. The normalized spacial score (nSPS) is 22.5. The Morgan fingerprint density at radius 3 is 2.83 bits per heavy atom. The number of hydrogen-bond donors (Lipinski definition) is 1. The zero-order valence-corrected chi connectivity index (χ0v) is 13.8. The van der Waals surface area contributed by atoms with Crippen molar-refractivity contribution >= 4 is 11.9 Å². The molecule has 0 radical (unpaired) electrons. The van der Waals surface area contributed by atoms with Gasteiger partial charge in [-0.3, -0.25) is 4.79 Å². The molecule has 1 aliphatic carbocycles. The molecule has 1 unspecified atom stereocenters. The van der Waals surface area contributed by atoms with Gasteiger partial charge in [-0.1, -0.05) is 19.9 Å². The number of likely N-dealkylation sites (tertiary alicyclic amines) is 1. The zero-order chi connectivity index (χ0) is 16.6. The lowest BCUT2D eigenvalue weighted by atomic mass is 9.74. The molecule has 23 heavy (non-hydrogen) atoms. The minimum absolute atomic E-state index is 0.0460. The van der Waals surface area contributed by atoms with E-state index < -0.39 is 5.97 Å². The molecular weight excluding hydrogens is 296 g/mol. The average Bonchev–Trinajstić information content (AvgIpc) is 3.12. The third-order valence-corrected chi connectivity index (χ3v) is 4.36. The number of aromatic nitrogens is 3. The predicted molar refractivity (Wildman–Crippen MR) is 82.5 cm³/mol. The first kappa shape index (κ1) is 15.7. The van der Waals surface area contributed by atoms with E-state index in [1.165, 1.54) is 0 Å². The SMILES string of the molecule is CCOC(=O)c1n[nH]nc1C1CCCN1C(=O)C1=CC(C)(C)C1. The minimum Gasteiger partial charge on any atom is -0.461 e. The first-order chi connectivity index (χ1) is 10.9. The molecule has 1 N–H and O–H groups in total. The highest BCUT2D eigenvalue weighted by Gasteiger charge is 2.40. The lowest BCUT2D eigenvalue weighted by Gasteiger charge is -2.35. The molecule has 7 nitrogen and oxygen atoms in total. The molecule has 1 saturated heterocycles. The van der Waals surface area contributed by atoms with Crippen molar-refractivity contribution in [3.63, 3.8) is 0 Å². The topological polar surface area (TPSA) is 88.2 Å². The van der Waals surface area contributed by atoms with Gasteiger partial charge in [-0.05, 0) is 31.6 Å². The summed E-state index contributed by atoms with van der Waals surface area (Å²) in [5.41, 5.74) is 1.64. The van der Waals surface area contributed by atoms with Crippen molar-refractivity contribution in [3.05, 3.63) is 23.0 Å². The second-order valence-electron chi connectivity index (χ2n) is 6.77. The van der Waals surface area contributed by atoms with Crippen molar-refractivity contribution in [2.75, 3.05) is 13.2 Å². The largest absolute Gasteiger partial charge is 0.461 e. The number of allylic oxidation sites excluding steroid dienone is 1. The number of H-pyrrole nitrogens is 1. The summed E-state index contributed by atoms with van der Waals surface area (Å²) in [6.07, 6.45) is 4.49. The Morgan fingerprint density at radius 1 is 1.43 bits per heavy atom. The third kappa shape index (κ3) is 2.87. The van der Waals surface area contributed by atoms with Gasteiger partial charge in [0.1, 0.15) is 5.69 Å². The van der Waals surface area contributed by atoms with Crippen LogP contribution < -0.4 is 0 Å². The van der Waals surface area contributed by atoms with Crippen molar-refractivity contribution in [2.24, 2.45) is 5.41 Å². The van der Waals surface area contributed by atoms with E-state index in [1.807, 2.05) is 11.0 Å². The first-order valence-electron chi connectivity index (χ1n) is 8.03. The molecule has 2 heterocycles. The Bertz CT molecular complexity index is 662. The third-order valence-electron chi connectivity index (χ3n) is 4.36. The van der Waals surface area contributed by atoms with E-state index in [1.54, 1.807) is 6.92 Å². The van der Waals surface area contributed by atoms with E-state index in [0.717, 1.165) is 24.8 Å². The fourth-order valence-electron chi connectivity index (χ4n) is 3.37. The molecule has 2 aliphatic rings. The van der Waals surface area contributed by atoms with Crippen LogP contribution in [0, 0.1) is 5.41 Å². The number of amides is 1. The first-order valence-corrected chi connectivity index (χ1v) is 8.03. The van der Waals surface area contributed by atoms with Gasteiger partial charge >= 0.3 is 5.97 Å². The van der Waals surface area contributed by atoms with E-state index in [0.29, 0.717) is 12.2 Å². The van der Waals surface area contributed by atoms with Crippen LogP contribution in [0.1, 0.15) is 62.3 Å². The second-order valence-corrected chi connectivity index (χ2v) is 6.77. The maximum absolute atomic E-state index is 12.7. The standard InChI is InChI=1S/C16H22N4O3/c1-4-23-15(22)13-12(17-19-18-13)11-6-5-7-20(11)14(21)10-8-16(2,3)9-10/h8,11H,4-7,9H2,1-3H3,(H,17,18,19). The Balaban J connectivity index is 1.82. The van der Waals surface area contributed by atoms with Crippen molar-refractivity contribution in [1.82, 2.24) is 20.3 Å². The van der Waals surface area contributed by atoms with E-state index in [-0.39, 0.29) is 29.7 Å². The maximum Gasteiger partial charge on any atom is 0.360 e. The lowest BCUT2D eigenvalue weighted by Crippen LogP contribution is -2.37. The van der Waals surface area contributed by atoms with Crippen LogP contribution in [0.25, 0.3) is 0 Å². The quantitative estimate of drug-likeness (QED) is 0.858. The van der Waals surface area contributed by atoms with Crippen LogP contribution in [-0.4, -0.2) is 45.3 Å². The van der Waals surface area contributed by atoms with Crippen molar-refractivity contribution < 1.29 is 14.3 Å². The van der Waals surface area contributed by atoms with E-state index in [9.17, 15) is 9.59 Å². The van der Waals surface area contributed by atoms with Crippen LogP contribution >= 0.6 is 0 Å². The Labute approximate surface area is 135 Å². The summed E-state index contributed by atoms with van der Waals surface area (Å²) in [7, 11) is 0. The van der Waals surface area contributed by atoms with Gasteiger partial charge in [-0.15, -0.1) is 5.10 Å². The van der Waals surface area contributed by atoms with Crippen molar-refractivity contribution in [2.45, 2.75) is 46.1 Å². The number of nitrogens with one attached hydrogen (secondary N) is 1. The number of rotatable bonds is 4. The maximum atomic E-state index is 12.7. The monoisotopic (exact) mass is 318 g/mol. The predicted octanol–water partition coefficient (Wildman–Crippen LogP) is 2.00. The highest BCUT2D eigenvalue weighted by molar-refractivity contribution is 5.96. The van der Waals surface area contributed by atoms with E-state index >= 15 is 0 Å². The number of esters is 1. The molecule has 124 valence electrons. The summed E-state index contributed by atoms with van der Waals surface area (Å²) in [6.45, 7) is 6.92. The second kappa shape index (κ2) is 5.79. The van der Waals surface area contributed by atoms with Crippen LogP contribution in [0.5, 0.6) is 0 Å². The summed E-state index contributed by atoms with van der Waals surface area (Å²) < 4.78 is 5.01. The summed E-state index contributed by atoms with van der Waals surface area (Å²) in [5, 5.41) is 10.5. The molecule has 1 atom stereocenters. The molecule has 0 saturated carbocycles. The van der Waals surface area contributed by atoms with Crippen LogP contribution in [-0.2, 0) is 9.53 Å². The van der Waals surface area contributed by atoms with Crippen LogP contribution in [0.3, 0.4) is 0 Å². The summed E-state index contributed by atoms with van der Waals surface area (Å²) in [5.74, 6) is -0.454. The molecule has 0 spiro atoms. The number of hydrogen-bond acceptors (Lipinski definition) is 5. The molecule has 1 fully saturated rings. The van der Waals surface area contributed by atoms with Gasteiger partial charge in [0.15, 0.2) is 5.69 Å². The summed E-state index contributed by atoms with van der Waals surface area (Å²) in [4.78, 5) is 26.5. The number of carbonyl (C=O) groups is 2. The Hall–Kier alpha value is -2.18. The van der Waals surface area contributed by atoms with Gasteiger partial charge < -0.3 is 9.64 Å². The molecular formula is C16H22N4O3. The Morgan fingerprint density at radius 2 is 2.17 bits per heavy atom. The fraction of sp³-hybridized carbons (Fsp3) is 0.625. The molecule has 1 aliphatic heterocycles. The average molecular weight is 318 g/mol. The summed E-state index contributed by atoms with van der Waals surface area (Å²) in [6, 6.07) is -0.217. The molecule has 3 rings (SSSR count). The minimum atomic E-state index is -0.500. The molecule has 1 aromatic rings. The zero-order valence-electron chi connectivity index (χ0n) is 13.8. The molecule has 1 amide bonds. The van der Waals surface area contributed by atoms with Crippen molar-refractivity contribution in [1.29, 1.82) is 0 Å². The van der Waals surface area contributed by atoms with Gasteiger partial charge in [0.05, 0.1) is 12.6 Å². The molecule has 1 aromatic heterocycles. The van der Waals surface area contributed by atoms with Crippen LogP contribution in [0.4, 0.5) is 0 Å². The molecule has 0 bridgehead atoms. The van der Waals surface area contributed by atoms with Gasteiger partial charge in [0, 0.05) is 12.1 Å². The van der Waals surface area contributed by atoms with E-state index in [4.69, 9.17) is 4.74 Å². The smallest absolute Gasteiger partial charge is 0.360 e. The molecule has 7 heteroatoms. The lowest BCUT2D eigenvalue weighted by molar-refractivity contribution is -0.129. The number of carbonyl (C=O) groups excluding carboxylic acids is 2. The molecule has 0 aromatic carbocycles. The number of aromatic amines is 1. The number of nitrogens with zero attached hydrogens (tertiary/aromatic N) is 3. The van der Waals surface area contributed by atoms with Crippen molar-refractivity contribution in [3.8, 4) is 0 Å². The van der Waals surface area contributed by atoms with Crippen LogP contribution in [0.15, 0.2) is 11.6 Å². The van der Waals surface area contributed by atoms with Gasteiger partial charge in [0.2, 0.25) is 5.91 Å². The highest BCUT2D eigenvalue weighted by Crippen LogP contribution is 2.41. The highest BCUT2D eigenvalue weighted by atomic mass is 16.5. The number of ether oxygens (including phenoxy) is 1. The van der Waals surface area contributed by atoms with E-state index in [2.05, 4.69) is 29.3 Å². The van der Waals surface area contributed by atoms with Crippen LogP contribution in [0.2, 0.25) is 0 Å². The summed E-state index contributed by atoms with van der Waals surface area (Å²) >= 11 is 0. The Kier molecular flexibility index (Phi) is 3.95. The van der Waals surface area contributed by atoms with Gasteiger partial charge in [-0.2, -0.15) is 10.3 Å². The van der Waals surface area contributed by atoms with Gasteiger partial charge in [-0.25, -0.2) is 4.79 Å².